The summed E-state index contributed by atoms with van der Waals surface area (Å²) in [6.07, 6.45) is 0. The van der Waals surface area contributed by atoms with Gasteiger partial charge in [-0.3, -0.25) is 0 Å². The molecule has 7 aromatic carbocycles. The van der Waals surface area contributed by atoms with E-state index in [1.54, 1.807) is 0 Å². The van der Waals surface area contributed by atoms with Gasteiger partial charge in [-0.05, 0) is 90.0 Å². The summed E-state index contributed by atoms with van der Waals surface area (Å²) in [4.78, 5) is 2.30. The molecule has 0 atom stereocenters. The Morgan fingerprint density at radius 3 is 1.71 bits per heavy atom. The van der Waals surface area contributed by atoms with E-state index in [9.17, 15) is 0 Å². The fourth-order valence-corrected chi connectivity index (χ4v) is 7.77. The van der Waals surface area contributed by atoms with E-state index in [4.69, 9.17) is 0 Å². The summed E-state index contributed by atoms with van der Waals surface area (Å²) < 4.78 is 5.07. The van der Waals surface area contributed by atoms with Gasteiger partial charge in [0.05, 0.1) is 11.0 Å². The fourth-order valence-electron chi connectivity index (χ4n) is 6.69. The van der Waals surface area contributed by atoms with E-state index in [1.807, 2.05) is 11.3 Å². The van der Waals surface area contributed by atoms with Crippen LogP contribution in [0.5, 0.6) is 0 Å². The van der Waals surface area contributed by atoms with Gasteiger partial charge in [0.25, 0.3) is 0 Å². The monoisotopic (exact) mass is 592 g/mol. The Balaban J connectivity index is 1.15. The van der Waals surface area contributed by atoms with Crippen LogP contribution in [-0.2, 0) is 0 Å². The number of fused-ring (bicyclic) bond motifs is 6. The lowest BCUT2D eigenvalue weighted by Crippen LogP contribution is -2.09. The summed E-state index contributed by atoms with van der Waals surface area (Å²) >= 11 is 1.86. The molecule has 0 unspecified atom stereocenters. The van der Waals surface area contributed by atoms with E-state index >= 15 is 0 Å². The van der Waals surface area contributed by atoms with Gasteiger partial charge in [0.15, 0.2) is 0 Å². The fraction of sp³-hybridized carbons (Fsp3) is 0. The van der Waals surface area contributed by atoms with Gasteiger partial charge in [0.2, 0.25) is 0 Å². The molecule has 0 aliphatic rings. The van der Waals surface area contributed by atoms with E-state index < -0.39 is 0 Å². The van der Waals surface area contributed by atoms with Crippen LogP contribution in [0.3, 0.4) is 0 Å². The van der Waals surface area contributed by atoms with Crippen molar-refractivity contribution in [2.45, 2.75) is 0 Å². The van der Waals surface area contributed by atoms with Crippen molar-refractivity contribution in [1.29, 1.82) is 0 Å². The first kappa shape index (κ1) is 25.8. The van der Waals surface area contributed by atoms with E-state index in [1.165, 1.54) is 58.8 Å². The van der Waals surface area contributed by atoms with E-state index in [0.29, 0.717) is 0 Å². The number of benzene rings is 7. The lowest BCUT2D eigenvalue weighted by Gasteiger charge is -2.25. The summed E-state index contributed by atoms with van der Waals surface area (Å²) in [5.74, 6) is 0. The second-order valence-corrected chi connectivity index (χ2v) is 12.5. The predicted molar refractivity (Wildman–Crippen MR) is 194 cm³/mol. The van der Waals surface area contributed by atoms with Gasteiger partial charge in [-0.2, -0.15) is 0 Å². The highest BCUT2D eigenvalue weighted by atomic mass is 32.1. The maximum absolute atomic E-state index is 2.42. The third-order valence-corrected chi connectivity index (χ3v) is 9.93. The van der Waals surface area contributed by atoms with Crippen LogP contribution in [0.1, 0.15) is 0 Å². The average Bonchev–Trinajstić information content (AvgIpc) is 3.65. The van der Waals surface area contributed by atoms with Gasteiger partial charge in [0.1, 0.15) is 0 Å². The molecule has 3 heteroatoms. The van der Waals surface area contributed by atoms with Gasteiger partial charge in [0, 0.05) is 53.7 Å². The van der Waals surface area contributed by atoms with Crippen molar-refractivity contribution in [3.63, 3.8) is 0 Å². The molecule has 2 aromatic heterocycles. The van der Waals surface area contributed by atoms with Crippen molar-refractivity contribution in [3.05, 3.63) is 170 Å². The van der Waals surface area contributed by atoms with Crippen LogP contribution in [0, 0.1) is 0 Å². The quantitative estimate of drug-likeness (QED) is 0.193. The lowest BCUT2D eigenvalue weighted by molar-refractivity contribution is 1.19. The number of aromatic nitrogens is 1. The van der Waals surface area contributed by atoms with Gasteiger partial charge in [-0.25, -0.2) is 0 Å². The Kier molecular flexibility index (Phi) is 6.03. The molecule has 0 spiro atoms. The molecular formula is C42H28N2S. The van der Waals surface area contributed by atoms with Gasteiger partial charge in [-0.1, -0.05) is 91.0 Å². The van der Waals surface area contributed by atoms with Crippen LogP contribution < -0.4 is 4.90 Å². The Bertz CT molecular complexity index is 2430. The summed E-state index contributed by atoms with van der Waals surface area (Å²) in [6, 6.07) is 61.3. The summed E-state index contributed by atoms with van der Waals surface area (Å²) in [7, 11) is 0. The minimum Gasteiger partial charge on any atom is -0.311 e. The molecule has 2 nitrogen and oxygen atoms in total. The summed E-state index contributed by atoms with van der Waals surface area (Å²) in [5.41, 5.74) is 9.45. The summed E-state index contributed by atoms with van der Waals surface area (Å²) in [5, 5.41) is 5.16. The van der Waals surface area contributed by atoms with Crippen molar-refractivity contribution < 1.29 is 0 Å². The molecule has 0 bridgehead atoms. The largest absolute Gasteiger partial charge is 0.311 e. The van der Waals surface area contributed by atoms with Crippen molar-refractivity contribution in [1.82, 2.24) is 4.57 Å². The molecule has 0 fully saturated rings. The molecule has 9 rings (SSSR count). The van der Waals surface area contributed by atoms with Crippen LogP contribution in [0.25, 0.3) is 58.8 Å². The Hall–Kier alpha value is -5.64. The summed E-state index contributed by atoms with van der Waals surface area (Å²) in [6.45, 7) is 0. The SMILES string of the molecule is c1ccc(N(c2ccccc2)c2ccc(-c3ccc4c(c3)c3ccccc3n4-c3ccc4sc5ccccc5c4c3)cc2)cc1. The molecule has 2 heterocycles. The van der Waals surface area contributed by atoms with Crippen LogP contribution in [0.4, 0.5) is 17.1 Å². The predicted octanol–water partition coefficient (Wildman–Crippen LogP) is 12.3. The topological polar surface area (TPSA) is 8.17 Å². The van der Waals surface area contributed by atoms with Crippen molar-refractivity contribution in [2.24, 2.45) is 0 Å². The Labute approximate surface area is 265 Å². The van der Waals surface area contributed by atoms with E-state index in [-0.39, 0.29) is 0 Å². The minimum absolute atomic E-state index is 1.13. The number of nitrogens with zero attached hydrogens (tertiary/aromatic N) is 2. The number of hydrogen-bond donors (Lipinski definition) is 0. The first-order chi connectivity index (χ1) is 22.3. The van der Waals surface area contributed by atoms with Crippen LogP contribution in [0.2, 0.25) is 0 Å². The molecule has 0 amide bonds. The normalized spacial score (nSPS) is 11.6. The van der Waals surface area contributed by atoms with Crippen molar-refractivity contribution in [3.8, 4) is 16.8 Å². The third-order valence-electron chi connectivity index (χ3n) is 8.78. The van der Waals surface area contributed by atoms with Crippen molar-refractivity contribution in [2.75, 3.05) is 4.90 Å². The van der Waals surface area contributed by atoms with Crippen LogP contribution >= 0.6 is 11.3 Å². The number of para-hydroxylation sites is 3. The molecule has 0 saturated carbocycles. The highest BCUT2D eigenvalue weighted by Crippen LogP contribution is 2.40. The zero-order chi connectivity index (χ0) is 29.7. The van der Waals surface area contributed by atoms with Gasteiger partial charge >= 0.3 is 0 Å². The highest BCUT2D eigenvalue weighted by Gasteiger charge is 2.16. The maximum Gasteiger partial charge on any atom is 0.0541 e. The lowest BCUT2D eigenvalue weighted by atomic mass is 10.0. The first-order valence-corrected chi connectivity index (χ1v) is 16.1. The molecule has 0 aliphatic carbocycles. The van der Waals surface area contributed by atoms with E-state index in [0.717, 1.165) is 17.1 Å². The second kappa shape index (κ2) is 10.5. The minimum atomic E-state index is 1.13. The molecule has 0 saturated heterocycles. The number of hydrogen-bond acceptors (Lipinski definition) is 2. The molecule has 0 aliphatic heterocycles. The third kappa shape index (κ3) is 4.32. The van der Waals surface area contributed by atoms with Crippen LogP contribution in [0.15, 0.2) is 170 Å². The van der Waals surface area contributed by atoms with Gasteiger partial charge in [-0.15, -0.1) is 11.3 Å². The molecule has 0 N–H and O–H groups in total. The Morgan fingerprint density at radius 1 is 0.378 bits per heavy atom. The average molecular weight is 593 g/mol. The number of thiophene rings is 1. The van der Waals surface area contributed by atoms with E-state index in [2.05, 4.69) is 179 Å². The highest BCUT2D eigenvalue weighted by molar-refractivity contribution is 7.25. The number of anilines is 3. The standard InChI is InChI=1S/C42H28N2S/c1-3-11-31(12-4-1)43(32-13-5-2-6-14-32)33-22-19-29(20-23-33)30-21-25-40-37(27-30)35-15-7-9-17-39(35)44(40)34-24-26-42-38(28-34)36-16-8-10-18-41(36)45-42/h1-28H. The maximum atomic E-state index is 2.42. The van der Waals surface area contributed by atoms with Gasteiger partial charge < -0.3 is 9.47 Å². The molecule has 212 valence electrons. The molecule has 0 radical (unpaired) electrons. The Morgan fingerprint density at radius 2 is 0.956 bits per heavy atom. The molecule has 9 aromatic rings. The van der Waals surface area contributed by atoms with Crippen molar-refractivity contribution >= 4 is 70.4 Å². The zero-order valence-electron chi connectivity index (χ0n) is 24.5. The first-order valence-electron chi connectivity index (χ1n) is 15.3. The molecular weight excluding hydrogens is 565 g/mol. The zero-order valence-corrected chi connectivity index (χ0v) is 25.3. The number of rotatable bonds is 5. The van der Waals surface area contributed by atoms with Crippen LogP contribution in [-0.4, -0.2) is 4.57 Å². The second-order valence-electron chi connectivity index (χ2n) is 11.4. The smallest absolute Gasteiger partial charge is 0.0541 e. The molecule has 45 heavy (non-hydrogen) atoms.